The number of amides is 1. The van der Waals surface area contributed by atoms with Gasteiger partial charge >= 0.3 is 11.9 Å². The number of nitrogens with one attached hydrogen (secondary N) is 1. The van der Waals surface area contributed by atoms with E-state index in [1.54, 1.807) is 6.92 Å². The van der Waals surface area contributed by atoms with E-state index >= 15 is 0 Å². The lowest BCUT2D eigenvalue weighted by molar-refractivity contribution is -0.150. The van der Waals surface area contributed by atoms with Crippen LogP contribution >= 0.6 is 11.3 Å². The molecule has 0 aliphatic heterocycles. The van der Waals surface area contributed by atoms with Crippen molar-refractivity contribution in [1.29, 1.82) is 0 Å². The van der Waals surface area contributed by atoms with Crippen LogP contribution in [0.4, 0.5) is 5.00 Å². The van der Waals surface area contributed by atoms with Crippen LogP contribution in [0.15, 0.2) is 24.3 Å². The van der Waals surface area contributed by atoms with Gasteiger partial charge in [-0.25, -0.2) is 9.59 Å². The molecule has 0 unspecified atom stereocenters. The van der Waals surface area contributed by atoms with Gasteiger partial charge in [0.25, 0.3) is 5.91 Å². The monoisotopic (exact) mass is 405 g/mol. The largest absolute Gasteiger partial charge is 0.462 e. The molecule has 0 radical (unpaired) electrons. The number of anilines is 1. The third-order valence-corrected chi connectivity index (χ3v) is 4.80. The first-order valence-electron chi connectivity index (χ1n) is 8.69. The van der Waals surface area contributed by atoms with Crippen molar-refractivity contribution in [2.75, 3.05) is 32.2 Å². The fourth-order valence-electron chi connectivity index (χ4n) is 2.57. The van der Waals surface area contributed by atoms with Gasteiger partial charge in [0, 0.05) is 17.6 Å². The van der Waals surface area contributed by atoms with Gasteiger partial charge in [-0.05, 0) is 26.3 Å². The number of aryl methyl sites for hydroxylation is 2. The fourth-order valence-corrected chi connectivity index (χ4v) is 3.65. The van der Waals surface area contributed by atoms with E-state index in [0.29, 0.717) is 10.6 Å². The third-order valence-electron chi connectivity index (χ3n) is 3.78. The van der Waals surface area contributed by atoms with Crippen LogP contribution in [0, 0.1) is 13.8 Å². The first kappa shape index (κ1) is 21.6. The number of benzene rings is 1. The molecule has 8 heteroatoms. The van der Waals surface area contributed by atoms with Crippen LogP contribution in [-0.4, -0.2) is 44.8 Å². The number of carbonyl (C=O) groups is 3. The SMILES string of the molecule is CCOC(=O)c1c(NC(=O)COC(=O)COC)sc(C)c1-c1ccc(C)cc1. The second-order valence-corrected chi connectivity index (χ2v) is 7.19. The molecule has 0 aliphatic rings. The summed E-state index contributed by atoms with van der Waals surface area (Å²) in [5.74, 6) is -1.72. The van der Waals surface area contributed by atoms with Gasteiger partial charge in [0.1, 0.15) is 17.2 Å². The second-order valence-electron chi connectivity index (χ2n) is 5.97. The number of hydrogen-bond donors (Lipinski definition) is 1. The zero-order valence-electron chi connectivity index (χ0n) is 16.3. The Morgan fingerprint density at radius 2 is 1.71 bits per heavy atom. The zero-order valence-corrected chi connectivity index (χ0v) is 17.1. The van der Waals surface area contributed by atoms with E-state index < -0.39 is 24.5 Å². The highest BCUT2D eigenvalue weighted by Crippen LogP contribution is 2.40. The van der Waals surface area contributed by atoms with Gasteiger partial charge in [0.2, 0.25) is 0 Å². The number of rotatable bonds is 8. The average Bonchev–Trinajstić information content (AvgIpc) is 2.97. The van der Waals surface area contributed by atoms with Gasteiger partial charge in [-0.2, -0.15) is 0 Å². The van der Waals surface area contributed by atoms with Crippen LogP contribution in [0.2, 0.25) is 0 Å². The highest BCUT2D eigenvalue weighted by atomic mass is 32.1. The number of methoxy groups -OCH3 is 1. The minimum atomic E-state index is -0.647. The van der Waals surface area contributed by atoms with Crippen molar-refractivity contribution in [1.82, 2.24) is 0 Å². The van der Waals surface area contributed by atoms with Crippen molar-refractivity contribution in [2.24, 2.45) is 0 Å². The highest BCUT2D eigenvalue weighted by Gasteiger charge is 2.25. The van der Waals surface area contributed by atoms with Crippen molar-refractivity contribution in [3.63, 3.8) is 0 Å². The Bertz CT molecular complexity index is 856. The Morgan fingerprint density at radius 3 is 2.32 bits per heavy atom. The molecular formula is C20H23NO6S. The Hall–Kier alpha value is -2.71. The Kier molecular flexibility index (Phi) is 7.71. The molecular weight excluding hydrogens is 382 g/mol. The lowest BCUT2D eigenvalue weighted by Crippen LogP contribution is -2.23. The molecule has 2 rings (SSSR count). The summed E-state index contributed by atoms with van der Waals surface area (Å²) in [6.45, 7) is 5.07. The predicted octanol–water partition coefficient (Wildman–Crippen LogP) is 3.34. The molecule has 1 N–H and O–H groups in total. The minimum Gasteiger partial charge on any atom is -0.462 e. The Morgan fingerprint density at radius 1 is 1.04 bits per heavy atom. The molecule has 0 bridgehead atoms. The molecule has 28 heavy (non-hydrogen) atoms. The standard InChI is InChI=1S/C20H23NO6S/c1-5-26-20(24)18-17(14-8-6-12(2)7-9-14)13(3)28-19(18)21-15(22)10-27-16(23)11-25-4/h6-9H,5,10-11H2,1-4H3,(H,21,22). The van der Waals surface area contributed by atoms with Crippen LogP contribution in [-0.2, 0) is 23.8 Å². The maximum Gasteiger partial charge on any atom is 0.341 e. The zero-order chi connectivity index (χ0) is 20.7. The minimum absolute atomic E-state index is 0.211. The maximum atomic E-state index is 12.6. The van der Waals surface area contributed by atoms with Crippen molar-refractivity contribution < 1.29 is 28.6 Å². The van der Waals surface area contributed by atoms with Gasteiger partial charge in [0.15, 0.2) is 6.61 Å². The predicted molar refractivity (Wildman–Crippen MR) is 107 cm³/mol. The molecule has 1 heterocycles. The highest BCUT2D eigenvalue weighted by molar-refractivity contribution is 7.17. The summed E-state index contributed by atoms with van der Waals surface area (Å²) in [5, 5.41) is 3.01. The number of hydrogen-bond acceptors (Lipinski definition) is 7. The smallest absolute Gasteiger partial charge is 0.341 e. The lowest BCUT2D eigenvalue weighted by Gasteiger charge is -2.09. The van der Waals surface area contributed by atoms with E-state index in [0.717, 1.165) is 21.6 Å². The molecule has 0 spiro atoms. The number of ether oxygens (including phenoxy) is 3. The summed E-state index contributed by atoms with van der Waals surface area (Å²) in [4.78, 5) is 37.0. The molecule has 0 saturated carbocycles. The molecule has 0 saturated heterocycles. The third kappa shape index (κ3) is 5.40. The quantitative estimate of drug-likeness (QED) is 0.678. The van der Waals surface area contributed by atoms with Gasteiger partial charge in [0.05, 0.1) is 6.61 Å². The van der Waals surface area contributed by atoms with Crippen molar-refractivity contribution in [3.8, 4) is 11.1 Å². The molecule has 0 fully saturated rings. The number of carbonyl (C=O) groups excluding carboxylic acids is 3. The average molecular weight is 405 g/mol. The molecule has 0 atom stereocenters. The molecule has 150 valence electrons. The molecule has 1 aromatic heterocycles. The summed E-state index contributed by atoms with van der Waals surface area (Å²) in [5.41, 5.74) is 2.97. The van der Waals surface area contributed by atoms with E-state index in [9.17, 15) is 14.4 Å². The van der Waals surface area contributed by atoms with E-state index in [2.05, 4.69) is 10.1 Å². The van der Waals surface area contributed by atoms with Crippen LogP contribution in [0.5, 0.6) is 0 Å². The molecule has 2 aromatic rings. The van der Waals surface area contributed by atoms with Gasteiger partial charge in [-0.15, -0.1) is 11.3 Å². The van der Waals surface area contributed by atoms with Gasteiger partial charge in [-0.3, -0.25) is 4.79 Å². The van der Waals surface area contributed by atoms with Crippen molar-refractivity contribution >= 4 is 34.2 Å². The van der Waals surface area contributed by atoms with Gasteiger partial charge < -0.3 is 19.5 Å². The number of thiophene rings is 1. The Balaban J connectivity index is 2.32. The molecule has 1 aromatic carbocycles. The van der Waals surface area contributed by atoms with E-state index in [-0.39, 0.29) is 13.2 Å². The normalized spacial score (nSPS) is 10.4. The van der Waals surface area contributed by atoms with Crippen molar-refractivity contribution in [3.05, 3.63) is 40.3 Å². The fraction of sp³-hybridized carbons (Fsp3) is 0.350. The summed E-state index contributed by atoms with van der Waals surface area (Å²) < 4.78 is 14.6. The first-order valence-corrected chi connectivity index (χ1v) is 9.51. The molecule has 0 aliphatic carbocycles. The van der Waals surface area contributed by atoms with E-state index in [1.807, 2.05) is 38.1 Å². The van der Waals surface area contributed by atoms with Crippen LogP contribution in [0.1, 0.15) is 27.7 Å². The molecule has 1 amide bonds. The van der Waals surface area contributed by atoms with Crippen LogP contribution in [0.3, 0.4) is 0 Å². The Labute approximate surface area is 167 Å². The molecule has 7 nitrogen and oxygen atoms in total. The number of esters is 2. The van der Waals surface area contributed by atoms with E-state index in [1.165, 1.54) is 18.4 Å². The van der Waals surface area contributed by atoms with Crippen LogP contribution < -0.4 is 5.32 Å². The summed E-state index contributed by atoms with van der Waals surface area (Å²) in [7, 11) is 1.36. The summed E-state index contributed by atoms with van der Waals surface area (Å²) in [6.07, 6.45) is 0. The van der Waals surface area contributed by atoms with E-state index in [4.69, 9.17) is 9.47 Å². The second kappa shape index (κ2) is 10.0. The maximum absolute atomic E-state index is 12.6. The summed E-state index contributed by atoms with van der Waals surface area (Å²) in [6, 6.07) is 7.75. The topological polar surface area (TPSA) is 90.9 Å². The van der Waals surface area contributed by atoms with Crippen LogP contribution in [0.25, 0.3) is 11.1 Å². The lowest BCUT2D eigenvalue weighted by atomic mass is 10.0. The van der Waals surface area contributed by atoms with Gasteiger partial charge in [-0.1, -0.05) is 29.8 Å². The van der Waals surface area contributed by atoms with Crippen molar-refractivity contribution in [2.45, 2.75) is 20.8 Å². The summed E-state index contributed by atoms with van der Waals surface area (Å²) >= 11 is 1.27. The first-order chi connectivity index (χ1) is 13.4.